The highest BCUT2D eigenvalue weighted by Crippen LogP contribution is 2.24. The fraction of sp³-hybridized carbons (Fsp3) is 0.423. The van der Waals surface area contributed by atoms with Crippen LogP contribution in [0.2, 0.25) is 0 Å². The minimum atomic E-state index is -3.24. The van der Waals surface area contributed by atoms with E-state index in [2.05, 4.69) is 20.4 Å². The molecule has 9 heteroatoms. The van der Waals surface area contributed by atoms with Crippen molar-refractivity contribution in [2.75, 3.05) is 19.3 Å². The number of benzene rings is 2. The molecule has 1 saturated heterocycles. The van der Waals surface area contributed by atoms with E-state index in [-0.39, 0.29) is 22.8 Å². The second kappa shape index (κ2) is 10.7. The average Bonchev–Trinajstić information content (AvgIpc) is 3.31. The fourth-order valence-electron chi connectivity index (χ4n) is 4.34. The summed E-state index contributed by atoms with van der Waals surface area (Å²) in [7, 11) is -3.24. The van der Waals surface area contributed by atoms with Crippen LogP contribution >= 0.6 is 0 Å². The first kappa shape index (κ1) is 25.1. The third kappa shape index (κ3) is 6.35. The Bertz CT molecular complexity index is 1250. The van der Waals surface area contributed by atoms with E-state index in [1.54, 1.807) is 24.3 Å². The molecule has 2 aromatic carbocycles. The molecule has 1 fully saturated rings. The lowest BCUT2D eigenvalue weighted by atomic mass is 9.94. The van der Waals surface area contributed by atoms with Gasteiger partial charge in [0, 0.05) is 17.7 Å². The molecule has 1 aliphatic rings. The van der Waals surface area contributed by atoms with Crippen LogP contribution in [0.5, 0.6) is 0 Å². The van der Waals surface area contributed by atoms with Gasteiger partial charge in [-0.05, 0) is 57.0 Å². The zero-order valence-electron chi connectivity index (χ0n) is 20.4. The van der Waals surface area contributed by atoms with E-state index < -0.39 is 9.84 Å². The van der Waals surface area contributed by atoms with Gasteiger partial charge in [0.05, 0.1) is 17.5 Å². The lowest BCUT2D eigenvalue weighted by molar-refractivity contribution is -0.127. The summed E-state index contributed by atoms with van der Waals surface area (Å²) in [4.78, 5) is 20.0. The number of hydrogen-bond donors (Lipinski definition) is 1. The number of sulfone groups is 1. The van der Waals surface area contributed by atoms with Crippen LogP contribution in [0.1, 0.15) is 49.2 Å². The normalized spacial score (nSPS) is 16.2. The molecule has 1 aliphatic heterocycles. The quantitative estimate of drug-likeness (QED) is 0.504. The molecule has 4 rings (SSSR count). The topological polar surface area (TPSA) is 105 Å². The Hall–Kier alpha value is -3.04. The number of aryl methyl sites for hydroxylation is 1. The summed E-state index contributed by atoms with van der Waals surface area (Å²) in [5.41, 5.74) is 3.02. The van der Waals surface area contributed by atoms with Crippen molar-refractivity contribution in [2.45, 2.75) is 50.6 Å². The third-order valence-corrected chi connectivity index (χ3v) is 7.66. The molecule has 0 radical (unpaired) electrons. The summed E-state index contributed by atoms with van der Waals surface area (Å²) in [6.45, 7) is 6.17. The van der Waals surface area contributed by atoms with E-state index in [1.807, 2.05) is 38.1 Å². The largest absolute Gasteiger partial charge is 0.349 e. The summed E-state index contributed by atoms with van der Waals surface area (Å²) in [6, 6.07) is 14.6. The molecule has 1 unspecified atom stereocenters. The van der Waals surface area contributed by atoms with E-state index in [0.717, 1.165) is 43.5 Å². The minimum Gasteiger partial charge on any atom is -0.349 e. The van der Waals surface area contributed by atoms with Crippen LogP contribution in [0.25, 0.3) is 11.4 Å². The second-order valence-electron chi connectivity index (χ2n) is 9.24. The van der Waals surface area contributed by atoms with Crippen molar-refractivity contribution < 1.29 is 17.7 Å². The van der Waals surface area contributed by atoms with Crippen LogP contribution in [-0.2, 0) is 21.2 Å². The first-order chi connectivity index (χ1) is 16.7. The molecule has 186 valence electrons. The van der Waals surface area contributed by atoms with E-state index in [4.69, 9.17) is 4.52 Å². The van der Waals surface area contributed by atoms with Gasteiger partial charge >= 0.3 is 0 Å². The lowest BCUT2D eigenvalue weighted by Crippen LogP contribution is -2.41. The summed E-state index contributed by atoms with van der Waals surface area (Å²) >= 11 is 0. The van der Waals surface area contributed by atoms with Crippen molar-refractivity contribution in [3.63, 3.8) is 0 Å². The number of aromatic nitrogens is 2. The standard InChI is InChI=1S/C26H32N4O4S/c1-4-23(19-9-11-22(12-10-19)35(3,32)33)27-26(31)21-13-15-30(16-14-21)17-24-28-25(29-34-24)20-7-5-18(2)6-8-20/h5-12,21,23H,4,13-17H2,1-3H3,(H,27,31). The van der Waals surface area contributed by atoms with Gasteiger partial charge in [-0.1, -0.05) is 54.0 Å². The van der Waals surface area contributed by atoms with Crippen molar-refractivity contribution in [1.82, 2.24) is 20.4 Å². The highest BCUT2D eigenvalue weighted by Gasteiger charge is 2.27. The van der Waals surface area contributed by atoms with Gasteiger partial charge in [0.1, 0.15) is 0 Å². The second-order valence-corrected chi connectivity index (χ2v) is 11.3. The Labute approximate surface area is 206 Å². The highest BCUT2D eigenvalue weighted by molar-refractivity contribution is 7.90. The van der Waals surface area contributed by atoms with Gasteiger partial charge in [0.25, 0.3) is 0 Å². The van der Waals surface area contributed by atoms with Gasteiger partial charge in [-0.3, -0.25) is 9.69 Å². The number of piperidine rings is 1. The number of carbonyl (C=O) groups excluding carboxylic acids is 1. The maximum absolute atomic E-state index is 12.9. The number of hydrogen-bond acceptors (Lipinski definition) is 7. The maximum atomic E-state index is 12.9. The summed E-state index contributed by atoms with van der Waals surface area (Å²) in [6.07, 6.45) is 3.43. The molecule has 35 heavy (non-hydrogen) atoms. The SMILES string of the molecule is CCC(NC(=O)C1CCN(Cc2nc(-c3ccc(C)cc3)no2)CC1)c1ccc(S(C)(=O)=O)cc1. The highest BCUT2D eigenvalue weighted by atomic mass is 32.2. The predicted octanol–water partition coefficient (Wildman–Crippen LogP) is 3.93. The molecule has 0 bridgehead atoms. The van der Waals surface area contributed by atoms with Crippen molar-refractivity contribution in [2.24, 2.45) is 5.92 Å². The zero-order chi connectivity index (χ0) is 25.0. The Morgan fingerprint density at radius 1 is 1.11 bits per heavy atom. The Balaban J connectivity index is 1.29. The van der Waals surface area contributed by atoms with Crippen LogP contribution in [0.15, 0.2) is 57.9 Å². The predicted molar refractivity (Wildman–Crippen MR) is 133 cm³/mol. The first-order valence-corrected chi connectivity index (χ1v) is 13.8. The van der Waals surface area contributed by atoms with E-state index in [1.165, 1.54) is 11.8 Å². The fourth-order valence-corrected chi connectivity index (χ4v) is 4.97. The van der Waals surface area contributed by atoms with Crippen molar-refractivity contribution >= 4 is 15.7 Å². The molecular weight excluding hydrogens is 464 g/mol. The molecule has 0 aliphatic carbocycles. The number of nitrogens with zero attached hydrogens (tertiary/aromatic N) is 3. The van der Waals surface area contributed by atoms with Crippen molar-refractivity contribution in [1.29, 1.82) is 0 Å². The molecule has 1 atom stereocenters. The van der Waals surface area contributed by atoms with E-state index in [9.17, 15) is 13.2 Å². The zero-order valence-corrected chi connectivity index (χ0v) is 21.2. The molecule has 0 spiro atoms. The van der Waals surface area contributed by atoms with Gasteiger partial charge in [-0.25, -0.2) is 8.42 Å². The van der Waals surface area contributed by atoms with Crippen LogP contribution < -0.4 is 5.32 Å². The van der Waals surface area contributed by atoms with Crippen molar-refractivity contribution in [3.8, 4) is 11.4 Å². The maximum Gasteiger partial charge on any atom is 0.241 e. The van der Waals surface area contributed by atoms with E-state index in [0.29, 0.717) is 18.3 Å². The summed E-state index contributed by atoms with van der Waals surface area (Å²) in [5.74, 6) is 1.15. The van der Waals surface area contributed by atoms with Crippen LogP contribution in [0, 0.1) is 12.8 Å². The Morgan fingerprint density at radius 2 is 1.77 bits per heavy atom. The Morgan fingerprint density at radius 3 is 2.37 bits per heavy atom. The van der Waals surface area contributed by atoms with Gasteiger partial charge in [-0.2, -0.15) is 4.98 Å². The third-order valence-electron chi connectivity index (χ3n) is 6.53. The number of rotatable bonds is 8. The molecule has 2 heterocycles. The first-order valence-electron chi connectivity index (χ1n) is 12.0. The van der Waals surface area contributed by atoms with Crippen molar-refractivity contribution in [3.05, 3.63) is 65.5 Å². The smallest absolute Gasteiger partial charge is 0.241 e. The molecule has 1 aromatic heterocycles. The summed E-state index contributed by atoms with van der Waals surface area (Å²) < 4.78 is 28.9. The number of amides is 1. The van der Waals surface area contributed by atoms with E-state index >= 15 is 0 Å². The summed E-state index contributed by atoms with van der Waals surface area (Å²) in [5, 5.41) is 7.26. The molecule has 0 saturated carbocycles. The lowest BCUT2D eigenvalue weighted by Gasteiger charge is -2.31. The minimum absolute atomic E-state index is 0.0446. The molecule has 1 N–H and O–H groups in total. The molecule has 8 nitrogen and oxygen atoms in total. The molecular formula is C26H32N4O4S. The van der Waals surface area contributed by atoms with Gasteiger partial charge in [0.15, 0.2) is 9.84 Å². The van der Waals surface area contributed by atoms with Gasteiger partial charge in [-0.15, -0.1) is 0 Å². The number of nitrogens with one attached hydrogen (secondary N) is 1. The van der Waals surface area contributed by atoms with Crippen LogP contribution in [0.3, 0.4) is 0 Å². The monoisotopic (exact) mass is 496 g/mol. The van der Waals surface area contributed by atoms with Gasteiger partial charge in [0.2, 0.25) is 17.6 Å². The molecule has 3 aromatic rings. The Kier molecular flexibility index (Phi) is 7.66. The molecule has 1 amide bonds. The van der Waals surface area contributed by atoms with Gasteiger partial charge < -0.3 is 9.84 Å². The number of carbonyl (C=O) groups is 1. The van der Waals surface area contributed by atoms with Crippen LogP contribution in [0.4, 0.5) is 0 Å². The number of likely N-dealkylation sites (tertiary alicyclic amines) is 1. The average molecular weight is 497 g/mol. The van der Waals surface area contributed by atoms with Crippen LogP contribution in [-0.4, -0.2) is 48.7 Å².